The molecule has 2 aromatic rings. The summed E-state index contributed by atoms with van der Waals surface area (Å²) in [5.74, 6) is 0. The van der Waals surface area contributed by atoms with Gasteiger partial charge in [-0.1, -0.05) is 12.1 Å². The second-order valence-corrected chi connectivity index (χ2v) is 2.78. The van der Waals surface area contributed by atoms with E-state index in [4.69, 9.17) is 14.4 Å². The zero-order valence-electron chi connectivity index (χ0n) is 7.65. The lowest BCUT2D eigenvalue weighted by molar-refractivity contribution is 0.299. The highest BCUT2D eigenvalue weighted by molar-refractivity contribution is 5.77. The van der Waals surface area contributed by atoms with Gasteiger partial charge in [0.1, 0.15) is 5.52 Å². The molecule has 4 heteroatoms. The van der Waals surface area contributed by atoms with Crippen molar-refractivity contribution in [2.45, 2.75) is 6.42 Å². The Labute approximate surface area is 80.7 Å². The number of para-hydroxylation sites is 1. The van der Waals surface area contributed by atoms with Crippen LogP contribution in [0.25, 0.3) is 11.1 Å². The smallest absolute Gasteiger partial charge is 0.394 e. The third-order valence-electron chi connectivity index (χ3n) is 1.92. The lowest BCUT2D eigenvalue weighted by Crippen LogP contribution is -1.81. The Morgan fingerprint density at radius 2 is 2.43 bits per heavy atom. The first-order valence-corrected chi connectivity index (χ1v) is 4.14. The lowest BCUT2D eigenvalue weighted by atomic mass is 10.1. The summed E-state index contributed by atoms with van der Waals surface area (Å²) in [6.07, 6.45) is 0.542. The molecule has 0 fully saturated rings. The minimum Gasteiger partial charge on any atom is -0.453 e. The van der Waals surface area contributed by atoms with Crippen LogP contribution >= 0.6 is 0 Å². The number of benzene rings is 1. The van der Waals surface area contributed by atoms with Gasteiger partial charge in [-0.3, -0.25) is 0 Å². The van der Waals surface area contributed by atoms with Crippen molar-refractivity contribution in [2.75, 3.05) is 7.11 Å². The Hall–Kier alpha value is -2.02. The Morgan fingerprint density at radius 3 is 3.14 bits per heavy atom. The van der Waals surface area contributed by atoms with E-state index in [0.29, 0.717) is 12.0 Å². The summed E-state index contributed by atoms with van der Waals surface area (Å²) < 4.78 is 10.2. The standard InChI is InChI=1S/C10H8N2O2/c1-13-10-12-8-4-2-3-7(5-6-11)9(8)14-10/h2-4H,5H2,1H3. The maximum absolute atomic E-state index is 8.60. The second kappa shape index (κ2) is 3.38. The van der Waals surface area contributed by atoms with Crippen LogP contribution in [0.3, 0.4) is 0 Å². The number of oxazole rings is 1. The van der Waals surface area contributed by atoms with Crippen LogP contribution in [0.1, 0.15) is 5.56 Å². The van der Waals surface area contributed by atoms with Gasteiger partial charge in [0, 0.05) is 5.56 Å². The van der Waals surface area contributed by atoms with E-state index in [1.165, 1.54) is 7.11 Å². The maximum atomic E-state index is 8.60. The molecule has 0 aliphatic heterocycles. The average molecular weight is 188 g/mol. The summed E-state index contributed by atoms with van der Waals surface area (Å²) in [5, 5.41) is 8.60. The third-order valence-corrected chi connectivity index (χ3v) is 1.92. The molecular formula is C10H8N2O2. The van der Waals surface area contributed by atoms with Crippen LogP contribution in [0.15, 0.2) is 22.6 Å². The number of methoxy groups -OCH3 is 1. The fraction of sp³-hybridized carbons (Fsp3) is 0.200. The van der Waals surface area contributed by atoms with E-state index in [1.54, 1.807) is 0 Å². The van der Waals surface area contributed by atoms with E-state index in [9.17, 15) is 0 Å². The van der Waals surface area contributed by atoms with Gasteiger partial charge in [0.05, 0.1) is 19.6 Å². The Kier molecular flexibility index (Phi) is 2.07. The van der Waals surface area contributed by atoms with E-state index in [2.05, 4.69) is 11.1 Å². The molecule has 1 aromatic carbocycles. The fourth-order valence-electron chi connectivity index (χ4n) is 1.30. The number of nitrogens with zero attached hydrogens (tertiary/aromatic N) is 2. The molecule has 1 heterocycles. The van der Waals surface area contributed by atoms with Crippen LogP contribution < -0.4 is 4.74 Å². The second-order valence-electron chi connectivity index (χ2n) is 2.78. The molecule has 2 rings (SSSR count). The Balaban J connectivity index is 2.62. The molecule has 1 aromatic heterocycles. The molecule has 0 saturated carbocycles. The third kappa shape index (κ3) is 1.29. The molecular weight excluding hydrogens is 180 g/mol. The number of ether oxygens (including phenoxy) is 1. The first-order chi connectivity index (χ1) is 6.85. The van der Waals surface area contributed by atoms with Gasteiger partial charge in [-0.05, 0) is 6.07 Å². The normalized spacial score (nSPS) is 10.0. The summed E-state index contributed by atoms with van der Waals surface area (Å²) in [6.45, 7) is 0. The van der Waals surface area contributed by atoms with E-state index in [0.717, 1.165) is 11.1 Å². The molecule has 0 spiro atoms. The molecule has 0 saturated heterocycles. The quantitative estimate of drug-likeness (QED) is 0.722. The van der Waals surface area contributed by atoms with Crippen LogP contribution in [0.4, 0.5) is 0 Å². The molecule has 0 aliphatic carbocycles. The molecule has 0 radical (unpaired) electrons. The van der Waals surface area contributed by atoms with Crippen molar-refractivity contribution in [3.63, 3.8) is 0 Å². The topological polar surface area (TPSA) is 59.0 Å². The van der Waals surface area contributed by atoms with Crippen LogP contribution in [0.5, 0.6) is 6.08 Å². The van der Waals surface area contributed by atoms with E-state index in [1.807, 2.05) is 18.2 Å². The van der Waals surface area contributed by atoms with Crippen molar-refractivity contribution in [1.82, 2.24) is 4.98 Å². The van der Waals surface area contributed by atoms with Crippen LogP contribution in [0, 0.1) is 11.3 Å². The number of nitriles is 1. The molecule has 0 amide bonds. The zero-order valence-corrected chi connectivity index (χ0v) is 7.65. The zero-order chi connectivity index (χ0) is 9.97. The van der Waals surface area contributed by atoms with Gasteiger partial charge in [0.15, 0.2) is 5.58 Å². The van der Waals surface area contributed by atoms with E-state index < -0.39 is 0 Å². The highest BCUT2D eigenvalue weighted by atomic mass is 16.6. The number of rotatable bonds is 2. The van der Waals surface area contributed by atoms with Crippen molar-refractivity contribution in [3.05, 3.63) is 23.8 Å². The Bertz CT molecular complexity index is 496. The summed E-state index contributed by atoms with van der Waals surface area (Å²) >= 11 is 0. The van der Waals surface area contributed by atoms with Gasteiger partial charge in [0.2, 0.25) is 0 Å². The van der Waals surface area contributed by atoms with E-state index in [-0.39, 0.29) is 6.08 Å². The van der Waals surface area contributed by atoms with Crippen molar-refractivity contribution >= 4 is 11.1 Å². The molecule has 0 atom stereocenters. The van der Waals surface area contributed by atoms with Crippen molar-refractivity contribution in [3.8, 4) is 12.1 Å². The number of fused-ring (bicyclic) bond motifs is 1. The Morgan fingerprint density at radius 1 is 1.57 bits per heavy atom. The maximum Gasteiger partial charge on any atom is 0.394 e. The van der Waals surface area contributed by atoms with Gasteiger partial charge in [-0.25, -0.2) is 0 Å². The van der Waals surface area contributed by atoms with Crippen LogP contribution in [-0.4, -0.2) is 12.1 Å². The first kappa shape index (κ1) is 8.57. The summed E-state index contributed by atoms with van der Waals surface area (Å²) in [4.78, 5) is 4.08. The molecule has 0 N–H and O–H groups in total. The predicted molar refractivity (Wildman–Crippen MR) is 49.9 cm³/mol. The molecule has 70 valence electrons. The monoisotopic (exact) mass is 188 g/mol. The summed E-state index contributed by atoms with van der Waals surface area (Å²) in [6, 6.07) is 7.58. The molecule has 0 unspecified atom stereocenters. The summed E-state index contributed by atoms with van der Waals surface area (Å²) in [5.41, 5.74) is 2.18. The SMILES string of the molecule is COc1nc2cccc(CC#N)c2o1. The minimum absolute atomic E-state index is 0.227. The lowest BCUT2D eigenvalue weighted by Gasteiger charge is -1.92. The van der Waals surface area contributed by atoms with Crippen molar-refractivity contribution in [2.24, 2.45) is 0 Å². The molecule has 0 aliphatic rings. The van der Waals surface area contributed by atoms with Gasteiger partial charge in [-0.2, -0.15) is 10.2 Å². The largest absolute Gasteiger partial charge is 0.453 e. The van der Waals surface area contributed by atoms with Crippen molar-refractivity contribution in [1.29, 1.82) is 5.26 Å². The number of hydrogen-bond acceptors (Lipinski definition) is 4. The number of hydrogen-bond donors (Lipinski definition) is 0. The molecule has 4 nitrogen and oxygen atoms in total. The number of aromatic nitrogens is 1. The first-order valence-electron chi connectivity index (χ1n) is 4.14. The van der Waals surface area contributed by atoms with Crippen LogP contribution in [0.2, 0.25) is 0 Å². The fourth-order valence-corrected chi connectivity index (χ4v) is 1.30. The highest BCUT2D eigenvalue weighted by Gasteiger charge is 2.08. The van der Waals surface area contributed by atoms with Gasteiger partial charge in [-0.15, -0.1) is 0 Å². The molecule has 14 heavy (non-hydrogen) atoms. The van der Waals surface area contributed by atoms with Gasteiger partial charge in [0.25, 0.3) is 0 Å². The van der Waals surface area contributed by atoms with Gasteiger partial charge >= 0.3 is 6.08 Å². The van der Waals surface area contributed by atoms with Crippen LogP contribution in [-0.2, 0) is 6.42 Å². The predicted octanol–water partition coefficient (Wildman–Crippen LogP) is 1.90. The summed E-state index contributed by atoms with van der Waals surface area (Å²) in [7, 11) is 1.49. The minimum atomic E-state index is 0.227. The molecule has 0 bridgehead atoms. The average Bonchev–Trinajstić information content (AvgIpc) is 2.62. The highest BCUT2D eigenvalue weighted by Crippen LogP contribution is 2.23. The van der Waals surface area contributed by atoms with Gasteiger partial charge < -0.3 is 9.15 Å². The van der Waals surface area contributed by atoms with E-state index >= 15 is 0 Å². The van der Waals surface area contributed by atoms with Crippen molar-refractivity contribution < 1.29 is 9.15 Å².